The number of hydrogen-bond donors (Lipinski definition) is 0. The molecule has 8 rings (SSSR count). The topological polar surface area (TPSA) is 54.1 Å². The van der Waals surface area contributed by atoms with Gasteiger partial charge in [0.05, 0.1) is 46.0 Å². The van der Waals surface area contributed by atoms with E-state index in [1.54, 1.807) is 23.5 Å². The van der Waals surface area contributed by atoms with Crippen molar-refractivity contribution in [1.82, 2.24) is 0 Å². The van der Waals surface area contributed by atoms with Gasteiger partial charge in [0.1, 0.15) is 0 Å². The van der Waals surface area contributed by atoms with Gasteiger partial charge in [0, 0.05) is 31.0 Å². The average Bonchev–Trinajstić information content (AvgIpc) is 3.10. The molecule has 0 unspecified atom stereocenters. The first-order chi connectivity index (χ1) is 21.7. The van der Waals surface area contributed by atoms with Gasteiger partial charge in [0.25, 0.3) is 0 Å². The van der Waals surface area contributed by atoms with Crippen LogP contribution in [0.5, 0.6) is 0 Å². The van der Waals surface area contributed by atoms with Gasteiger partial charge in [-0.2, -0.15) is 10.5 Å². The maximum absolute atomic E-state index is 8.99. The van der Waals surface area contributed by atoms with Gasteiger partial charge in [-0.05, 0) is 97.1 Å². The first kappa shape index (κ1) is 27.4. The summed E-state index contributed by atoms with van der Waals surface area (Å²) >= 11 is 3.59. The third kappa shape index (κ3) is 5.18. The smallest absolute Gasteiger partial charge is 0.0991 e. The van der Waals surface area contributed by atoms with Crippen molar-refractivity contribution in [3.05, 3.63) is 157 Å². The van der Waals surface area contributed by atoms with Crippen LogP contribution in [0.3, 0.4) is 0 Å². The molecule has 0 aliphatic carbocycles. The summed E-state index contributed by atoms with van der Waals surface area (Å²) in [6.45, 7) is 0. The molecule has 208 valence electrons. The van der Waals surface area contributed by atoms with Crippen molar-refractivity contribution in [2.24, 2.45) is 0 Å². The number of benzene rings is 6. The molecule has 0 amide bonds. The minimum absolute atomic E-state index is 0.678. The molecule has 0 saturated carbocycles. The highest BCUT2D eigenvalue weighted by atomic mass is 32.2. The van der Waals surface area contributed by atoms with E-state index in [-0.39, 0.29) is 0 Å². The van der Waals surface area contributed by atoms with Crippen LogP contribution in [0, 0.1) is 22.7 Å². The molecule has 6 heteroatoms. The third-order valence-electron chi connectivity index (χ3n) is 7.37. The summed E-state index contributed by atoms with van der Waals surface area (Å²) in [4.78, 5) is 9.47. The lowest BCUT2D eigenvalue weighted by molar-refractivity contribution is 1.16. The molecule has 0 bridgehead atoms. The summed E-state index contributed by atoms with van der Waals surface area (Å²) in [6.07, 6.45) is 0. The van der Waals surface area contributed by atoms with E-state index in [1.165, 1.54) is 42.3 Å². The Morgan fingerprint density at radius 1 is 0.364 bits per heavy atom. The molecule has 0 fully saturated rings. The molecular weight excluding hydrogens is 577 g/mol. The fourth-order valence-corrected chi connectivity index (χ4v) is 7.45. The second-order valence-electron chi connectivity index (χ2n) is 10.1. The molecule has 2 aliphatic heterocycles. The number of anilines is 6. The minimum Gasteiger partial charge on any atom is -0.308 e. The quantitative estimate of drug-likeness (QED) is 0.197. The van der Waals surface area contributed by atoms with E-state index in [0.717, 1.165) is 11.4 Å². The highest BCUT2D eigenvalue weighted by molar-refractivity contribution is 8.00. The minimum atomic E-state index is 0.678. The summed E-state index contributed by atoms with van der Waals surface area (Å²) in [6, 6.07) is 53.4. The van der Waals surface area contributed by atoms with Gasteiger partial charge >= 0.3 is 0 Å². The zero-order valence-electron chi connectivity index (χ0n) is 23.5. The van der Waals surface area contributed by atoms with E-state index < -0.39 is 0 Å². The van der Waals surface area contributed by atoms with Crippen molar-refractivity contribution in [2.75, 3.05) is 9.80 Å². The average molecular weight is 601 g/mol. The van der Waals surface area contributed by atoms with Gasteiger partial charge < -0.3 is 9.80 Å². The lowest BCUT2D eigenvalue weighted by atomic mass is 10.1. The third-order valence-corrected chi connectivity index (χ3v) is 9.63. The lowest BCUT2D eigenvalue weighted by Gasteiger charge is -2.32. The SMILES string of the molecule is N#Cc1ccc(N2c3ccccc3Sc3ccccc32)cc1.N#Cc1ccc(N2c3ccccc3Sc3ccccc32)cc1. The van der Waals surface area contributed by atoms with Crippen molar-refractivity contribution in [1.29, 1.82) is 10.5 Å². The molecule has 0 aromatic heterocycles. The van der Waals surface area contributed by atoms with E-state index in [9.17, 15) is 0 Å². The Labute approximate surface area is 265 Å². The highest BCUT2D eigenvalue weighted by Gasteiger charge is 2.25. The van der Waals surface area contributed by atoms with Crippen LogP contribution in [-0.2, 0) is 0 Å². The molecule has 2 heterocycles. The number of para-hydroxylation sites is 4. The predicted molar refractivity (Wildman–Crippen MR) is 180 cm³/mol. The number of hydrogen-bond acceptors (Lipinski definition) is 6. The molecule has 44 heavy (non-hydrogen) atoms. The zero-order valence-corrected chi connectivity index (χ0v) is 25.1. The molecule has 0 N–H and O–H groups in total. The Kier molecular flexibility index (Phi) is 7.53. The summed E-state index contributed by atoms with van der Waals surface area (Å²) in [5, 5.41) is 18.0. The normalized spacial score (nSPS) is 12.2. The van der Waals surface area contributed by atoms with Crippen LogP contribution in [0.4, 0.5) is 34.1 Å². The zero-order chi connectivity index (χ0) is 29.9. The molecule has 0 atom stereocenters. The van der Waals surface area contributed by atoms with Gasteiger partial charge in [-0.25, -0.2) is 0 Å². The largest absolute Gasteiger partial charge is 0.308 e. The van der Waals surface area contributed by atoms with Crippen LogP contribution in [-0.4, -0.2) is 0 Å². The fraction of sp³-hybridized carbons (Fsp3) is 0. The van der Waals surface area contributed by atoms with Crippen molar-refractivity contribution < 1.29 is 0 Å². The number of nitrogens with zero attached hydrogens (tertiary/aromatic N) is 4. The lowest BCUT2D eigenvalue weighted by Crippen LogP contribution is -2.14. The van der Waals surface area contributed by atoms with E-state index in [1.807, 2.05) is 48.5 Å². The first-order valence-corrected chi connectivity index (χ1v) is 15.7. The van der Waals surface area contributed by atoms with Crippen molar-refractivity contribution in [3.8, 4) is 12.1 Å². The Bertz CT molecular complexity index is 1820. The van der Waals surface area contributed by atoms with Crippen LogP contribution in [0.15, 0.2) is 165 Å². The molecule has 4 nitrogen and oxygen atoms in total. The molecule has 2 aliphatic rings. The Balaban J connectivity index is 0.000000142. The summed E-state index contributed by atoms with van der Waals surface area (Å²) in [7, 11) is 0. The van der Waals surface area contributed by atoms with Crippen LogP contribution in [0.1, 0.15) is 11.1 Å². The van der Waals surface area contributed by atoms with Crippen molar-refractivity contribution in [3.63, 3.8) is 0 Å². The Hall–Kier alpha value is -5.40. The standard InChI is InChI=1S/2C19H12N2S/c2*20-13-14-9-11-15(12-10-14)21-16-5-1-3-7-18(16)22-19-8-4-2-6-17(19)21/h2*1-12H. The van der Waals surface area contributed by atoms with Gasteiger partial charge in [-0.1, -0.05) is 72.1 Å². The molecule has 0 saturated heterocycles. The Morgan fingerprint density at radius 3 is 0.909 bits per heavy atom. The number of fused-ring (bicyclic) bond motifs is 4. The van der Waals surface area contributed by atoms with E-state index in [0.29, 0.717) is 11.1 Å². The predicted octanol–water partition coefficient (Wildman–Crippen LogP) is 11.0. The summed E-state index contributed by atoms with van der Waals surface area (Å²) in [5.74, 6) is 0. The van der Waals surface area contributed by atoms with Crippen LogP contribution >= 0.6 is 23.5 Å². The van der Waals surface area contributed by atoms with E-state index in [2.05, 4.69) is 119 Å². The van der Waals surface area contributed by atoms with Gasteiger partial charge in [0.15, 0.2) is 0 Å². The first-order valence-electron chi connectivity index (χ1n) is 14.1. The second-order valence-corrected chi connectivity index (χ2v) is 12.2. The molecule has 6 aromatic carbocycles. The van der Waals surface area contributed by atoms with Crippen LogP contribution in [0.2, 0.25) is 0 Å². The number of nitriles is 2. The van der Waals surface area contributed by atoms with Gasteiger partial charge in [-0.3, -0.25) is 0 Å². The van der Waals surface area contributed by atoms with Crippen LogP contribution < -0.4 is 9.80 Å². The maximum atomic E-state index is 8.99. The van der Waals surface area contributed by atoms with Crippen molar-refractivity contribution >= 4 is 57.6 Å². The van der Waals surface area contributed by atoms with Gasteiger partial charge in [0.2, 0.25) is 0 Å². The molecule has 0 spiro atoms. The highest BCUT2D eigenvalue weighted by Crippen LogP contribution is 2.52. The summed E-state index contributed by atoms with van der Waals surface area (Å²) < 4.78 is 0. The number of rotatable bonds is 2. The van der Waals surface area contributed by atoms with Crippen LogP contribution in [0.25, 0.3) is 0 Å². The van der Waals surface area contributed by atoms with Crippen molar-refractivity contribution in [2.45, 2.75) is 19.6 Å². The molecular formula is C38H24N4S2. The Morgan fingerprint density at radius 2 is 0.636 bits per heavy atom. The summed E-state index contributed by atoms with van der Waals surface area (Å²) in [5.41, 5.74) is 8.20. The molecule has 0 radical (unpaired) electrons. The second kappa shape index (κ2) is 12.1. The maximum Gasteiger partial charge on any atom is 0.0991 e. The molecule has 6 aromatic rings. The fourth-order valence-electron chi connectivity index (χ4n) is 5.34. The van der Waals surface area contributed by atoms with E-state index >= 15 is 0 Å². The van der Waals surface area contributed by atoms with E-state index in [4.69, 9.17) is 10.5 Å². The monoisotopic (exact) mass is 600 g/mol. The van der Waals surface area contributed by atoms with Gasteiger partial charge in [-0.15, -0.1) is 0 Å².